The van der Waals surface area contributed by atoms with Crippen molar-refractivity contribution in [2.24, 2.45) is 0 Å². The third-order valence-corrected chi connectivity index (χ3v) is 6.26. The highest BCUT2D eigenvalue weighted by atomic mass is 32.1. The van der Waals surface area contributed by atoms with Gasteiger partial charge in [-0.2, -0.15) is 0 Å². The molecule has 0 bridgehead atoms. The molecule has 0 unspecified atom stereocenters. The van der Waals surface area contributed by atoms with Gasteiger partial charge in [-0.15, -0.1) is 11.3 Å². The maximum absolute atomic E-state index is 12.7. The molecule has 1 aromatic heterocycles. The molecule has 6 heteroatoms. The first-order chi connectivity index (χ1) is 14.1. The number of carbonyl (C=O) groups is 1. The van der Waals surface area contributed by atoms with E-state index in [-0.39, 0.29) is 11.7 Å². The second-order valence-corrected chi connectivity index (χ2v) is 8.12. The van der Waals surface area contributed by atoms with Gasteiger partial charge in [0, 0.05) is 48.9 Å². The Balaban J connectivity index is 1.34. The molecule has 0 atom stereocenters. The summed E-state index contributed by atoms with van der Waals surface area (Å²) >= 11 is 1.59. The van der Waals surface area contributed by atoms with Gasteiger partial charge in [0.05, 0.1) is 12.1 Å². The van der Waals surface area contributed by atoms with Gasteiger partial charge in [0.2, 0.25) is 5.91 Å². The largest absolute Gasteiger partial charge is 0.508 e. The zero-order chi connectivity index (χ0) is 20.2. The first-order valence-electron chi connectivity index (χ1n) is 9.98. The molecule has 2 heterocycles. The van der Waals surface area contributed by atoms with E-state index in [2.05, 4.69) is 41.1 Å². The van der Waals surface area contributed by atoms with Crippen LogP contribution in [0.15, 0.2) is 53.9 Å². The van der Waals surface area contributed by atoms with Crippen molar-refractivity contribution in [3.8, 4) is 16.3 Å². The zero-order valence-electron chi connectivity index (χ0n) is 16.5. The monoisotopic (exact) mass is 407 g/mol. The highest BCUT2D eigenvalue weighted by molar-refractivity contribution is 7.13. The maximum atomic E-state index is 12.7. The lowest BCUT2D eigenvalue weighted by molar-refractivity contribution is -0.130. The van der Waals surface area contributed by atoms with Crippen molar-refractivity contribution in [1.29, 1.82) is 0 Å². The average molecular weight is 408 g/mol. The number of nitrogens with zero attached hydrogens (tertiary/aromatic N) is 3. The summed E-state index contributed by atoms with van der Waals surface area (Å²) in [7, 11) is 0. The Bertz CT molecular complexity index is 976. The molecular formula is C23H25N3O2S. The van der Waals surface area contributed by atoms with Crippen LogP contribution in [-0.2, 0) is 17.6 Å². The van der Waals surface area contributed by atoms with Crippen molar-refractivity contribution in [3.05, 3.63) is 65.2 Å². The summed E-state index contributed by atoms with van der Waals surface area (Å²) in [6, 6.07) is 15.7. The van der Waals surface area contributed by atoms with Crippen molar-refractivity contribution in [1.82, 2.24) is 9.88 Å². The number of rotatable bonds is 5. The van der Waals surface area contributed by atoms with Crippen molar-refractivity contribution in [2.45, 2.75) is 19.8 Å². The number of piperazine rings is 1. The molecule has 0 spiro atoms. The third-order valence-electron chi connectivity index (χ3n) is 5.32. The van der Waals surface area contributed by atoms with E-state index in [9.17, 15) is 9.90 Å². The van der Waals surface area contributed by atoms with Crippen LogP contribution in [0.1, 0.15) is 18.2 Å². The predicted molar refractivity (Wildman–Crippen MR) is 118 cm³/mol. The van der Waals surface area contributed by atoms with Gasteiger partial charge in [0.25, 0.3) is 0 Å². The minimum atomic E-state index is 0.124. The van der Waals surface area contributed by atoms with Crippen LogP contribution >= 0.6 is 11.3 Å². The second kappa shape index (κ2) is 8.66. The van der Waals surface area contributed by atoms with Gasteiger partial charge >= 0.3 is 0 Å². The Labute approximate surface area is 175 Å². The molecule has 0 radical (unpaired) electrons. The second-order valence-electron chi connectivity index (χ2n) is 7.26. The molecule has 1 amide bonds. The van der Waals surface area contributed by atoms with Crippen LogP contribution in [0, 0.1) is 0 Å². The van der Waals surface area contributed by atoms with Gasteiger partial charge in [-0.3, -0.25) is 4.79 Å². The van der Waals surface area contributed by atoms with E-state index < -0.39 is 0 Å². The molecular weight excluding hydrogens is 382 g/mol. The van der Waals surface area contributed by atoms with E-state index in [0.29, 0.717) is 19.5 Å². The Hall–Kier alpha value is -2.86. The summed E-state index contributed by atoms with van der Waals surface area (Å²) in [5, 5.41) is 12.6. The number of anilines is 1. The molecule has 1 saturated heterocycles. The SMILES string of the molecule is CCc1ccc(-c2nc(CC(=O)N3CCN(c4cccc(O)c4)CC3)cs2)cc1. The molecule has 4 rings (SSSR count). The topological polar surface area (TPSA) is 56.7 Å². The minimum Gasteiger partial charge on any atom is -0.508 e. The van der Waals surface area contributed by atoms with Crippen LogP contribution < -0.4 is 4.90 Å². The molecule has 1 aliphatic rings. The summed E-state index contributed by atoms with van der Waals surface area (Å²) in [6.45, 7) is 5.04. The minimum absolute atomic E-state index is 0.124. The molecule has 150 valence electrons. The highest BCUT2D eigenvalue weighted by Crippen LogP contribution is 2.25. The van der Waals surface area contributed by atoms with E-state index >= 15 is 0 Å². The summed E-state index contributed by atoms with van der Waals surface area (Å²) in [6.07, 6.45) is 1.37. The molecule has 0 saturated carbocycles. The number of hydrogen-bond donors (Lipinski definition) is 1. The zero-order valence-corrected chi connectivity index (χ0v) is 17.4. The Morgan fingerprint density at radius 2 is 1.86 bits per heavy atom. The fraction of sp³-hybridized carbons (Fsp3) is 0.304. The van der Waals surface area contributed by atoms with Crippen molar-refractivity contribution >= 4 is 22.9 Å². The number of aromatic hydroxyl groups is 1. The molecule has 3 aromatic rings. The number of benzene rings is 2. The smallest absolute Gasteiger partial charge is 0.228 e. The first kappa shape index (κ1) is 19.5. The number of phenols is 1. The van der Waals surface area contributed by atoms with Crippen LogP contribution in [0.3, 0.4) is 0 Å². The standard InChI is InChI=1S/C23H25N3O2S/c1-2-17-6-8-18(9-7-17)23-24-19(16-29-23)14-22(28)26-12-10-25(11-13-26)20-4-3-5-21(27)15-20/h3-9,15-16,27H,2,10-14H2,1H3. The lowest BCUT2D eigenvalue weighted by Crippen LogP contribution is -2.49. The highest BCUT2D eigenvalue weighted by Gasteiger charge is 2.22. The Kier molecular flexibility index (Phi) is 5.81. The molecule has 1 aliphatic heterocycles. The van der Waals surface area contributed by atoms with E-state index in [1.807, 2.05) is 22.4 Å². The first-order valence-corrected chi connectivity index (χ1v) is 10.9. The molecule has 1 N–H and O–H groups in total. The predicted octanol–water partition coefficient (Wildman–Crippen LogP) is 3.97. The number of aryl methyl sites for hydroxylation is 1. The van der Waals surface area contributed by atoms with Crippen molar-refractivity contribution < 1.29 is 9.90 Å². The van der Waals surface area contributed by atoms with Crippen LogP contribution in [0.25, 0.3) is 10.6 Å². The van der Waals surface area contributed by atoms with Crippen LogP contribution in [0.4, 0.5) is 5.69 Å². The Morgan fingerprint density at radius 3 is 2.55 bits per heavy atom. The summed E-state index contributed by atoms with van der Waals surface area (Å²) in [4.78, 5) is 21.5. The Morgan fingerprint density at radius 1 is 1.10 bits per heavy atom. The number of hydrogen-bond acceptors (Lipinski definition) is 5. The van der Waals surface area contributed by atoms with Crippen molar-refractivity contribution in [2.75, 3.05) is 31.1 Å². The molecule has 29 heavy (non-hydrogen) atoms. The van der Waals surface area contributed by atoms with Crippen LogP contribution in [0.2, 0.25) is 0 Å². The molecule has 2 aromatic carbocycles. The summed E-state index contributed by atoms with van der Waals surface area (Å²) < 4.78 is 0. The van der Waals surface area contributed by atoms with Gasteiger partial charge in [-0.25, -0.2) is 4.98 Å². The normalized spacial score (nSPS) is 14.2. The summed E-state index contributed by atoms with van der Waals surface area (Å²) in [5.74, 6) is 0.392. The number of carbonyl (C=O) groups excluding carboxylic acids is 1. The van der Waals surface area contributed by atoms with Crippen LogP contribution in [0.5, 0.6) is 5.75 Å². The van der Waals surface area contributed by atoms with Gasteiger partial charge in [-0.1, -0.05) is 37.3 Å². The average Bonchev–Trinajstić information content (AvgIpc) is 3.22. The number of thiazole rings is 1. The maximum Gasteiger partial charge on any atom is 0.228 e. The lowest BCUT2D eigenvalue weighted by Gasteiger charge is -2.36. The molecule has 0 aliphatic carbocycles. The summed E-state index contributed by atoms with van der Waals surface area (Å²) in [5.41, 5.74) is 4.25. The van der Waals surface area contributed by atoms with E-state index in [4.69, 9.17) is 0 Å². The fourth-order valence-corrected chi connectivity index (χ4v) is 4.40. The third kappa shape index (κ3) is 4.59. The number of amides is 1. The van der Waals surface area contributed by atoms with E-state index in [1.54, 1.807) is 23.5 Å². The van der Waals surface area contributed by atoms with Gasteiger partial charge in [0.1, 0.15) is 10.8 Å². The van der Waals surface area contributed by atoms with E-state index in [1.165, 1.54) is 5.56 Å². The van der Waals surface area contributed by atoms with Gasteiger partial charge in [0.15, 0.2) is 0 Å². The lowest BCUT2D eigenvalue weighted by atomic mass is 10.1. The number of aromatic nitrogens is 1. The van der Waals surface area contributed by atoms with Gasteiger partial charge < -0.3 is 14.9 Å². The van der Waals surface area contributed by atoms with Gasteiger partial charge in [-0.05, 0) is 24.1 Å². The van der Waals surface area contributed by atoms with E-state index in [0.717, 1.165) is 41.5 Å². The van der Waals surface area contributed by atoms with Crippen LogP contribution in [-0.4, -0.2) is 47.1 Å². The molecule has 1 fully saturated rings. The van der Waals surface area contributed by atoms with Crippen molar-refractivity contribution in [3.63, 3.8) is 0 Å². The molecule has 5 nitrogen and oxygen atoms in total. The number of phenolic OH excluding ortho intramolecular Hbond substituents is 1. The quantitative estimate of drug-likeness (QED) is 0.695. The fourth-order valence-electron chi connectivity index (χ4n) is 3.57.